The van der Waals surface area contributed by atoms with Gasteiger partial charge in [0.25, 0.3) is 0 Å². The highest BCUT2D eigenvalue weighted by molar-refractivity contribution is 5.74. The standard InChI is InChI=1S/C10H18N2O4/c13-9(14)3-4-11-10(15)12-6-8-2-1-5-16-7-8/h8H,1-7H2,(H,13,14)(H2,11,12,15). The molecule has 1 aliphatic rings. The maximum Gasteiger partial charge on any atom is 0.314 e. The van der Waals surface area contributed by atoms with Gasteiger partial charge in [-0.25, -0.2) is 4.79 Å². The molecule has 6 heteroatoms. The van der Waals surface area contributed by atoms with Crippen molar-refractivity contribution < 1.29 is 19.4 Å². The molecular formula is C10H18N2O4. The number of carboxylic acids is 1. The van der Waals surface area contributed by atoms with Gasteiger partial charge in [0.05, 0.1) is 13.0 Å². The molecule has 1 atom stereocenters. The molecule has 0 aromatic carbocycles. The third-order valence-electron chi connectivity index (χ3n) is 2.43. The summed E-state index contributed by atoms with van der Waals surface area (Å²) in [5, 5.41) is 13.6. The van der Waals surface area contributed by atoms with Crippen molar-refractivity contribution in [1.82, 2.24) is 10.6 Å². The molecule has 1 heterocycles. The number of rotatable bonds is 5. The van der Waals surface area contributed by atoms with Crippen LogP contribution < -0.4 is 10.6 Å². The molecule has 0 aromatic heterocycles. The van der Waals surface area contributed by atoms with Crippen LogP contribution >= 0.6 is 0 Å². The van der Waals surface area contributed by atoms with Gasteiger partial charge in [0.2, 0.25) is 0 Å². The average Bonchev–Trinajstić information content (AvgIpc) is 2.27. The van der Waals surface area contributed by atoms with E-state index in [-0.39, 0.29) is 19.0 Å². The van der Waals surface area contributed by atoms with Crippen LogP contribution in [0.3, 0.4) is 0 Å². The van der Waals surface area contributed by atoms with Crippen LogP contribution in [0.1, 0.15) is 19.3 Å². The second-order valence-electron chi connectivity index (χ2n) is 3.86. The number of ether oxygens (including phenoxy) is 1. The molecule has 1 rings (SSSR count). The molecule has 1 aliphatic heterocycles. The predicted molar refractivity (Wildman–Crippen MR) is 57.2 cm³/mol. The van der Waals surface area contributed by atoms with Crippen molar-refractivity contribution in [2.24, 2.45) is 5.92 Å². The molecule has 0 bridgehead atoms. The summed E-state index contributed by atoms with van der Waals surface area (Å²) in [4.78, 5) is 21.4. The summed E-state index contributed by atoms with van der Waals surface area (Å²) < 4.78 is 5.28. The average molecular weight is 230 g/mol. The van der Waals surface area contributed by atoms with Crippen LogP contribution in [-0.4, -0.2) is 43.4 Å². The Labute approximate surface area is 94.3 Å². The maximum absolute atomic E-state index is 11.2. The highest BCUT2D eigenvalue weighted by Gasteiger charge is 2.14. The van der Waals surface area contributed by atoms with Crippen molar-refractivity contribution in [2.45, 2.75) is 19.3 Å². The van der Waals surface area contributed by atoms with Gasteiger partial charge in [-0.15, -0.1) is 0 Å². The van der Waals surface area contributed by atoms with E-state index in [2.05, 4.69) is 10.6 Å². The lowest BCUT2D eigenvalue weighted by molar-refractivity contribution is -0.136. The van der Waals surface area contributed by atoms with Crippen LogP contribution in [0.15, 0.2) is 0 Å². The molecule has 16 heavy (non-hydrogen) atoms. The molecular weight excluding hydrogens is 212 g/mol. The Morgan fingerprint density at radius 3 is 2.81 bits per heavy atom. The van der Waals surface area contributed by atoms with Crippen LogP contribution in [0.2, 0.25) is 0 Å². The van der Waals surface area contributed by atoms with Gasteiger partial charge in [-0.1, -0.05) is 0 Å². The second-order valence-corrected chi connectivity index (χ2v) is 3.86. The van der Waals surface area contributed by atoms with E-state index >= 15 is 0 Å². The quantitative estimate of drug-likeness (QED) is 0.629. The smallest absolute Gasteiger partial charge is 0.314 e. The first-order chi connectivity index (χ1) is 7.68. The Bertz CT molecular complexity index is 239. The van der Waals surface area contributed by atoms with E-state index in [4.69, 9.17) is 9.84 Å². The molecule has 92 valence electrons. The Morgan fingerprint density at radius 1 is 1.38 bits per heavy atom. The topological polar surface area (TPSA) is 87.7 Å². The van der Waals surface area contributed by atoms with Gasteiger partial charge in [-0.2, -0.15) is 0 Å². The first-order valence-electron chi connectivity index (χ1n) is 5.49. The summed E-state index contributed by atoms with van der Waals surface area (Å²) in [6.45, 7) is 2.23. The van der Waals surface area contributed by atoms with Gasteiger partial charge in [0.1, 0.15) is 0 Å². The summed E-state index contributed by atoms with van der Waals surface area (Å²) in [5.41, 5.74) is 0. The van der Waals surface area contributed by atoms with Gasteiger partial charge in [-0.3, -0.25) is 4.79 Å². The van der Waals surface area contributed by atoms with Crippen molar-refractivity contribution in [3.63, 3.8) is 0 Å². The molecule has 1 saturated heterocycles. The molecule has 0 aromatic rings. The zero-order valence-corrected chi connectivity index (χ0v) is 9.20. The Hall–Kier alpha value is -1.30. The van der Waals surface area contributed by atoms with Crippen molar-refractivity contribution in [3.05, 3.63) is 0 Å². The van der Waals surface area contributed by atoms with Crippen LogP contribution in [-0.2, 0) is 9.53 Å². The number of hydrogen-bond acceptors (Lipinski definition) is 3. The second kappa shape index (κ2) is 7.05. The molecule has 0 aliphatic carbocycles. The minimum atomic E-state index is -0.916. The molecule has 1 fully saturated rings. The molecule has 0 saturated carbocycles. The van der Waals surface area contributed by atoms with E-state index in [1.165, 1.54) is 0 Å². The minimum absolute atomic E-state index is 0.0556. The van der Waals surface area contributed by atoms with E-state index in [1.54, 1.807) is 0 Å². The monoisotopic (exact) mass is 230 g/mol. The number of carbonyl (C=O) groups is 2. The Balaban J connectivity index is 2.02. The Kier molecular flexibility index (Phi) is 5.63. The lowest BCUT2D eigenvalue weighted by atomic mass is 10.0. The van der Waals surface area contributed by atoms with Gasteiger partial charge < -0.3 is 20.5 Å². The third kappa shape index (κ3) is 5.55. The number of urea groups is 1. The molecule has 1 unspecified atom stereocenters. The van der Waals surface area contributed by atoms with E-state index in [0.29, 0.717) is 19.1 Å². The number of amides is 2. The summed E-state index contributed by atoms with van der Waals surface area (Å²) in [6, 6.07) is -0.313. The summed E-state index contributed by atoms with van der Waals surface area (Å²) in [6.07, 6.45) is 2.04. The van der Waals surface area contributed by atoms with Gasteiger partial charge in [-0.05, 0) is 18.8 Å². The highest BCUT2D eigenvalue weighted by atomic mass is 16.5. The van der Waals surface area contributed by atoms with Crippen molar-refractivity contribution >= 4 is 12.0 Å². The first-order valence-corrected chi connectivity index (χ1v) is 5.49. The molecule has 0 spiro atoms. The fourth-order valence-electron chi connectivity index (χ4n) is 1.55. The van der Waals surface area contributed by atoms with Crippen LogP contribution in [0.5, 0.6) is 0 Å². The van der Waals surface area contributed by atoms with E-state index in [0.717, 1.165) is 19.4 Å². The third-order valence-corrected chi connectivity index (χ3v) is 2.43. The number of hydrogen-bond donors (Lipinski definition) is 3. The SMILES string of the molecule is O=C(O)CCNC(=O)NCC1CCCOC1. The van der Waals surface area contributed by atoms with Crippen molar-refractivity contribution in [3.8, 4) is 0 Å². The zero-order chi connectivity index (χ0) is 11.8. The molecule has 3 N–H and O–H groups in total. The number of nitrogens with one attached hydrogen (secondary N) is 2. The fraction of sp³-hybridized carbons (Fsp3) is 0.800. The lowest BCUT2D eigenvalue weighted by Crippen LogP contribution is -2.40. The lowest BCUT2D eigenvalue weighted by Gasteiger charge is -2.22. The number of carboxylic acid groups (broad SMARTS) is 1. The maximum atomic E-state index is 11.2. The number of carbonyl (C=O) groups excluding carboxylic acids is 1. The Morgan fingerprint density at radius 2 is 2.19 bits per heavy atom. The van der Waals surface area contributed by atoms with Crippen LogP contribution in [0.4, 0.5) is 4.79 Å². The summed E-state index contributed by atoms with van der Waals surface area (Å²) in [5.74, 6) is -0.542. The van der Waals surface area contributed by atoms with Gasteiger partial charge in [0.15, 0.2) is 0 Å². The zero-order valence-electron chi connectivity index (χ0n) is 9.20. The fourth-order valence-corrected chi connectivity index (χ4v) is 1.55. The normalized spacial score (nSPS) is 20.1. The largest absolute Gasteiger partial charge is 0.481 e. The van der Waals surface area contributed by atoms with E-state index in [9.17, 15) is 9.59 Å². The highest BCUT2D eigenvalue weighted by Crippen LogP contribution is 2.11. The predicted octanol–water partition coefficient (Wildman–Crippen LogP) is 0.187. The van der Waals surface area contributed by atoms with Crippen molar-refractivity contribution in [2.75, 3.05) is 26.3 Å². The van der Waals surface area contributed by atoms with Crippen LogP contribution in [0, 0.1) is 5.92 Å². The van der Waals surface area contributed by atoms with Crippen LogP contribution in [0.25, 0.3) is 0 Å². The van der Waals surface area contributed by atoms with Gasteiger partial charge >= 0.3 is 12.0 Å². The van der Waals surface area contributed by atoms with Crippen molar-refractivity contribution in [1.29, 1.82) is 0 Å². The first kappa shape index (κ1) is 12.8. The molecule has 2 amide bonds. The molecule has 0 radical (unpaired) electrons. The summed E-state index contributed by atoms with van der Waals surface area (Å²) >= 11 is 0. The number of aliphatic carboxylic acids is 1. The van der Waals surface area contributed by atoms with Gasteiger partial charge in [0, 0.05) is 19.7 Å². The van der Waals surface area contributed by atoms with E-state index < -0.39 is 5.97 Å². The summed E-state index contributed by atoms with van der Waals surface area (Å²) in [7, 11) is 0. The molecule has 6 nitrogen and oxygen atoms in total. The van der Waals surface area contributed by atoms with E-state index in [1.807, 2.05) is 0 Å². The minimum Gasteiger partial charge on any atom is -0.481 e.